The van der Waals surface area contributed by atoms with E-state index in [9.17, 15) is 18.0 Å². The third-order valence-corrected chi connectivity index (χ3v) is 5.42. The van der Waals surface area contributed by atoms with Gasteiger partial charge in [-0.1, -0.05) is 22.0 Å². The molecule has 132 valence electrons. The van der Waals surface area contributed by atoms with E-state index in [1.807, 2.05) is 0 Å². The average molecular weight is 427 g/mol. The lowest BCUT2D eigenvalue weighted by molar-refractivity contribution is -0.135. The van der Waals surface area contributed by atoms with Crippen LogP contribution in [0.2, 0.25) is 0 Å². The number of sulfonamides is 1. The molecule has 1 amide bonds. The third-order valence-electron chi connectivity index (χ3n) is 3.14. The maximum Gasteiger partial charge on any atom is 0.324 e. The van der Waals surface area contributed by atoms with Crippen LogP contribution in [0.15, 0.2) is 57.9 Å². The molecule has 0 bridgehead atoms. The molecule has 2 aromatic rings. The first kappa shape index (κ1) is 18.9. The van der Waals surface area contributed by atoms with Gasteiger partial charge in [0.1, 0.15) is 6.54 Å². The van der Waals surface area contributed by atoms with Crippen molar-refractivity contribution in [2.75, 3.05) is 16.2 Å². The van der Waals surface area contributed by atoms with Crippen molar-refractivity contribution in [1.29, 1.82) is 0 Å². The van der Waals surface area contributed by atoms with Gasteiger partial charge in [-0.2, -0.15) is 0 Å². The van der Waals surface area contributed by atoms with Crippen molar-refractivity contribution >= 4 is 49.2 Å². The summed E-state index contributed by atoms with van der Waals surface area (Å²) >= 11 is 3.24. The first-order valence-electron chi connectivity index (χ1n) is 7.08. The summed E-state index contributed by atoms with van der Waals surface area (Å²) in [5.74, 6) is -1.56. The largest absolute Gasteiger partial charge is 0.480 e. The Bertz CT molecular complexity index is 897. The predicted octanol–water partition coefficient (Wildman–Crippen LogP) is 2.69. The molecule has 0 aliphatic heterocycles. The molecule has 0 fully saturated rings. The Kier molecular flexibility index (Phi) is 5.81. The van der Waals surface area contributed by atoms with Gasteiger partial charge in [-0.15, -0.1) is 0 Å². The summed E-state index contributed by atoms with van der Waals surface area (Å²) in [7, 11) is -4.09. The highest BCUT2D eigenvalue weighted by molar-refractivity contribution is 9.10. The lowest BCUT2D eigenvalue weighted by atomic mass is 10.3. The Labute approximate surface area is 153 Å². The smallest absolute Gasteiger partial charge is 0.324 e. The normalized spacial score (nSPS) is 11.0. The van der Waals surface area contributed by atoms with Gasteiger partial charge >= 0.3 is 5.97 Å². The monoisotopic (exact) mass is 426 g/mol. The minimum atomic E-state index is -4.09. The van der Waals surface area contributed by atoms with Crippen molar-refractivity contribution in [3.63, 3.8) is 0 Å². The fraction of sp³-hybridized carbons (Fsp3) is 0.125. The first-order valence-corrected chi connectivity index (χ1v) is 9.31. The Balaban J connectivity index is 2.44. The number of nitrogens with one attached hydrogen (secondary N) is 1. The first-order chi connectivity index (χ1) is 11.7. The zero-order chi connectivity index (χ0) is 18.6. The molecule has 25 heavy (non-hydrogen) atoms. The van der Waals surface area contributed by atoms with Gasteiger partial charge in [0.15, 0.2) is 0 Å². The number of rotatable bonds is 6. The fourth-order valence-electron chi connectivity index (χ4n) is 2.11. The number of carbonyl (C=O) groups excluding carboxylic acids is 1. The highest BCUT2D eigenvalue weighted by Gasteiger charge is 2.27. The summed E-state index contributed by atoms with van der Waals surface area (Å²) in [6.45, 7) is 0.624. The summed E-state index contributed by atoms with van der Waals surface area (Å²) in [6, 6.07) is 11.9. The Morgan fingerprint density at radius 1 is 1.16 bits per heavy atom. The van der Waals surface area contributed by atoms with Crippen molar-refractivity contribution < 1.29 is 23.1 Å². The van der Waals surface area contributed by atoms with Crippen molar-refractivity contribution in [3.8, 4) is 0 Å². The molecular weight excluding hydrogens is 412 g/mol. The molecule has 2 rings (SSSR count). The number of anilines is 2. The van der Waals surface area contributed by atoms with Gasteiger partial charge in [0, 0.05) is 17.1 Å². The molecule has 0 unspecified atom stereocenters. The SMILES string of the molecule is CC(=O)Nc1ccc(S(=O)(=O)N(CC(=O)O)c2cccc(Br)c2)cc1. The highest BCUT2D eigenvalue weighted by Crippen LogP contribution is 2.26. The Morgan fingerprint density at radius 2 is 1.80 bits per heavy atom. The van der Waals surface area contributed by atoms with E-state index < -0.39 is 22.5 Å². The molecule has 0 saturated heterocycles. The van der Waals surface area contributed by atoms with Crippen molar-refractivity contribution in [3.05, 3.63) is 53.0 Å². The number of carbonyl (C=O) groups is 2. The van der Waals surface area contributed by atoms with Crippen LogP contribution >= 0.6 is 15.9 Å². The fourth-order valence-corrected chi connectivity index (χ4v) is 3.90. The number of amides is 1. The number of carboxylic acid groups (broad SMARTS) is 1. The van der Waals surface area contributed by atoms with Crippen LogP contribution in [-0.4, -0.2) is 31.9 Å². The summed E-state index contributed by atoms with van der Waals surface area (Å²) in [6.07, 6.45) is 0. The van der Waals surface area contributed by atoms with E-state index in [0.717, 1.165) is 4.31 Å². The molecule has 2 aromatic carbocycles. The number of benzene rings is 2. The molecule has 0 atom stereocenters. The lowest BCUT2D eigenvalue weighted by Gasteiger charge is -2.23. The topological polar surface area (TPSA) is 104 Å². The number of hydrogen-bond donors (Lipinski definition) is 2. The van der Waals surface area contributed by atoms with E-state index in [0.29, 0.717) is 10.2 Å². The second kappa shape index (κ2) is 7.66. The number of carboxylic acids is 1. The van der Waals surface area contributed by atoms with Crippen LogP contribution < -0.4 is 9.62 Å². The molecule has 9 heteroatoms. The van der Waals surface area contributed by atoms with Gasteiger partial charge in [0.2, 0.25) is 5.91 Å². The van der Waals surface area contributed by atoms with Crippen LogP contribution in [0.5, 0.6) is 0 Å². The summed E-state index contributed by atoms with van der Waals surface area (Å²) in [4.78, 5) is 22.1. The van der Waals surface area contributed by atoms with E-state index in [2.05, 4.69) is 21.2 Å². The maximum atomic E-state index is 12.9. The van der Waals surface area contributed by atoms with Gasteiger partial charge in [-0.05, 0) is 42.5 Å². The second-order valence-electron chi connectivity index (χ2n) is 5.09. The molecule has 0 heterocycles. The lowest BCUT2D eigenvalue weighted by Crippen LogP contribution is -2.35. The molecule has 0 aliphatic rings. The third kappa shape index (κ3) is 4.80. The van der Waals surface area contributed by atoms with E-state index in [1.165, 1.54) is 43.3 Å². The molecular formula is C16H15BrN2O5S. The summed E-state index contributed by atoms with van der Waals surface area (Å²) in [5.41, 5.74) is 0.668. The molecule has 0 radical (unpaired) electrons. The molecule has 0 saturated carbocycles. The van der Waals surface area contributed by atoms with Crippen LogP contribution in [0, 0.1) is 0 Å². The summed E-state index contributed by atoms with van der Waals surface area (Å²) < 4.78 is 27.2. The van der Waals surface area contributed by atoms with Gasteiger partial charge in [-0.25, -0.2) is 8.42 Å². The van der Waals surface area contributed by atoms with Gasteiger partial charge in [0.25, 0.3) is 10.0 Å². The standard InChI is InChI=1S/C16H15BrN2O5S/c1-11(20)18-13-5-7-15(8-6-13)25(23,24)19(10-16(21)22)14-4-2-3-12(17)9-14/h2-9H,10H2,1H3,(H,18,20)(H,21,22). The van der Waals surface area contributed by atoms with Crippen LogP contribution in [0.3, 0.4) is 0 Å². The van der Waals surface area contributed by atoms with Crippen LogP contribution in [0.25, 0.3) is 0 Å². The number of halogens is 1. The number of nitrogens with zero attached hydrogens (tertiary/aromatic N) is 1. The average Bonchev–Trinajstić information content (AvgIpc) is 2.52. The predicted molar refractivity (Wildman–Crippen MR) is 97.1 cm³/mol. The van der Waals surface area contributed by atoms with Crippen LogP contribution in [0.1, 0.15) is 6.92 Å². The number of hydrogen-bond acceptors (Lipinski definition) is 4. The van der Waals surface area contributed by atoms with Crippen LogP contribution in [0.4, 0.5) is 11.4 Å². The minimum absolute atomic E-state index is 0.0807. The highest BCUT2D eigenvalue weighted by atomic mass is 79.9. The molecule has 7 nitrogen and oxygen atoms in total. The van der Waals surface area contributed by atoms with Crippen molar-refractivity contribution in [1.82, 2.24) is 0 Å². The van der Waals surface area contributed by atoms with Gasteiger partial charge in [0.05, 0.1) is 10.6 Å². The number of aliphatic carboxylic acids is 1. The zero-order valence-corrected chi connectivity index (χ0v) is 15.5. The van der Waals surface area contributed by atoms with E-state index in [4.69, 9.17) is 5.11 Å². The Morgan fingerprint density at radius 3 is 2.32 bits per heavy atom. The minimum Gasteiger partial charge on any atom is -0.480 e. The summed E-state index contributed by atoms with van der Waals surface area (Å²) in [5, 5.41) is 11.6. The van der Waals surface area contributed by atoms with Crippen LogP contribution in [-0.2, 0) is 19.6 Å². The second-order valence-corrected chi connectivity index (χ2v) is 7.87. The van der Waals surface area contributed by atoms with E-state index >= 15 is 0 Å². The van der Waals surface area contributed by atoms with Crippen molar-refractivity contribution in [2.45, 2.75) is 11.8 Å². The van der Waals surface area contributed by atoms with Gasteiger partial charge < -0.3 is 10.4 Å². The zero-order valence-electron chi connectivity index (χ0n) is 13.1. The van der Waals surface area contributed by atoms with Crippen molar-refractivity contribution in [2.24, 2.45) is 0 Å². The molecule has 0 spiro atoms. The maximum absolute atomic E-state index is 12.9. The Hall–Kier alpha value is -2.39. The molecule has 2 N–H and O–H groups in total. The molecule has 0 aromatic heterocycles. The van der Waals surface area contributed by atoms with E-state index in [-0.39, 0.29) is 16.5 Å². The molecule has 0 aliphatic carbocycles. The quantitative estimate of drug-likeness (QED) is 0.738. The van der Waals surface area contributed by atoms with Gasteiger partial charge in [-0.3, -0.25) is 13.9 Å². The van der Waals surface area contributed by atoms with E-state index in [1.54, 1.807) is 12.1 Å².